The maximum absolute atomic E-state index is 12.6. The molecule has 0 aromatic carbocycles. The van der Waals surface area contributed by atoms with Crippen molar-refractivity contribution in [3.8, 4) is 0 Å². The van der Waals surface area contributed by atoms with E-state index in [0.717, 1.165) is 16.6 Å². The summed E-state index contributed by atoms with van der Waals surface area (Å²) in [5.74, 6) is 0.207. The highest BCUT2D eigenvalue weighted by molar-refractivity contribution is 9.11. The summed E-state index contributed by atoms with van der Waals surface area (Å²) in [6.45, 7) is 5.25. The molecule has 0 saturated carbocycles. The molecule has 0 bridgehead atoms. The lowest BCUT2D eigenvalue weighted by Crippen LogP contribution is -2.48. The molecule has 1 aliphatic heterocycles. The molecule has 1 aromatic heterocycles. The average Bonchev–Trinajstić information content (AvgIpc) is 2.82. The van der Waals surface area contributed by atoms with Gasteiger partial charge < -0.3 is 10.2 Å². The maximum Gasteiger partial charge on any atom is 0.245 e. The second kappa shape index (κ2) is 7.40. The average molecular weight is 373 g/mol. The Labute approximate surface area is 138 Å². The lowest BCUT2D eigenvalue weighted by molar-refractivity contribution is -0.134. The number of thiophene rings is 1. The number of nitrogens with one attached hydrogen (secondary N) is 1. The van der Waals surface area contributed by atoms with Gasteiger partial charge in [0.05, 0.1) is 3.79 Å². The summed E-state index contributed by atoms with van der Waals surface area (Å²) >= 11 is 5.14. The van der Waals surface area contributed by atoms with Crippen molar-refractivity contribution in [2.45, 2.75) is 39.2 Å². The fraction of sp³-hybridized carbons (Fsp3) is 0.600. The number of hydrogen-bond acceptors (Lipinski definition) is 3. The van der Waals surface area contributed by atoms with Crippen LogP contribution in [-0.2, 0) is 16.0 Å². The summed E-state index contributed by atoms with van der Waals surface area (Å²) in [5.41, 5.74) is 0. The van der Waals surface area contributed by atoms with Crippen LogP contribution < -0.4 is 5.32 Å². The molecule has 1 saturated heterocycles. The van der Waals surface area contributed by atoms with Crippen LogP contribution in [0.2, 0.25) is 0 Å². The summed E-state index contributed by atoms with van der Waals surface area (Å²) in [6.07, 6.45) is 2.11. The Bertz CT molecular complexity index is 518. The van der Waals surface area contributed by atoms with Crippen LogP contribution >= 0.6 is 27.3 Å². The first-order valence-corrected chi connectivity index (χ1v) is 8.94. The highest BCUT2D eigenvalue weighted by Crippen LogP contribution is 2.23. The van der Waals surface area contributed by atoms with E-state index in [9.17, 15) is 9.59 Å². The lowest BCUT2D eigenvalue weighted by Gasteiger charge is -2.27. The molecule has 1 aliphatic rings. The first kappa shape index (κ1) is 16.5. The van der Waals surface area contributed by atoms with Crippen LogP contribution in [-0.4, -0.2) is 35.8 Å². The first-order chi connectivity index (χ1) is 10.0. The van der Waals surface area contributed by atoms with Crippen LogP contribution in [0.3, 0.4) is 0 Å². The summed E-state index contributed by atoms with van der Waals surface area (Å²) in [4.78, 5) is 27.5. The molecule has 2 heterocycles. The van der Waals surface area contributed by atoms with Gasteiger partial charge in [-0.05, 0) is 40.4 Å². The Kier molecular flexibility index (Phi) is 5.81. The van der Waals surface area contributed by atoms with Crippen LogP contribution in [0.15, 0.2) is 15.9 Å². The molecule has 1 N–H and O–H groups in total. The van der Waals surface area contributed by atoms with Gasteiger partial charge >= 0.3 is 0 Å². The molecule has 2 rings (SSSR count). The zero-order chi connectivity index (χ0) is 15.4. The number of carbonyl (C=O) groups is 2. The molecule has 6 heteroatoms. The third-order valence-electron chi connectivity index (χ3n) is 3.97. The molecule has 0 spiro atoms. The van der Waals surface area contributed by atoms with E-state index in [2.05, 4.69) is 27.3 Å². The van der Waals surface area contributed by atoms with E-state index >= 15 is 0 Å². The fourth-order valence-corrected chi connectivity index (χ4v) is 3.90. The minimum atomic E-state index is -0.375. The van der Waals surface area contributed by atoms with Crippen LogP contribution in [0.1, 0.15) is 31.6 Å². The van der Waals surface area contributed by atoms with E-state index in [1.807, 2.05) is 24.8 Å². The zero-order valence-electron chi connectivity index (χ0n) is 12.4. The van der Waals surface area contributed by atoms with Crippen molar-refractivity contribution in [3.63, 3.8) is 0 Å². The first-order valence-electron chi connectivity index (χ1n) is 7.33. The largest absolute Gasteiger partial charge is 0.344 e. The van der Waals surface area contributed by atoms with Crippen molar-refractivity contribution >= 4 is 39.1 Å². The molecule has 21 heavy (non-hydrogen) atoms. The third-order valence-corrected chi connectivity index (χ3v) is 5.66. The highest BCUT2D eigenvalue weighted by Gasteiger charge is 2.32. The van der Waals surface area contributed by atoms with E-state index in [1.165, 1.54) is 4.88 Å². The van der Waals surface area contributed by atoms with E-state index in [-0.39, 0.29) is 23.8 Å². The van der Waals surface area contributed by atoms with Gasteiger partial charge in [0.15, 0.2) is 0 Å². The normalized spacial score (nSPS) is 21.1. The Morgan fingerprint density at radius 3 is 2.86 bits per heavy atom. The smallest absolute Gasteiger partial charge is 0.245 e. The predicted molar refractivity (Wildman–Crippen MR) is 88.3 cm³/mol. The summed E-state index contributed by atoms with van der Waals surface area (Å²) in [6, 6.07) is 3.73. The van der Waals surface area contributed by atoms with Crippen LogP contribution in [0.4, 0.5) is 0 Å². The quantitative estimate of drug-likeness (QED) is 0.863. The number of carbonyl (C=O) groups excluding carboxylic acids is 2. The van der Waals surface area contributed by atoms with Crippen molar-refractivity contribution in [2.24, 2.45) is 5.92 Å². The van der Waals surface area contributed by atoms with Crippen molar-refractivity contribution in [1.29, 1.82) is 0 Å². The second-order valence-electron chi connectivity index (χ2n) is 5.46. The van der Waals surface area contributed by atoms with Crippen molar-refractivity contribution in [2.75, 3.05) is 13.1 Å². The van der Waals surface area contributed by atoms with E-state index in [0.29, 0.717) is 19.5 Å². The Balaban J connectivity index is 2.03. The van der Waals surface area contributed by atoms with E-state index < -0.39 is 0 Å². The lowest BCUT2D eigenvalue weighted by atomic mass is 9.98. The van der Waals surface area contributed by atoms with Gasteiger partial charge in [0.2, 0.25) is 11.8 Å². The summed E-state index contributed by atoms with van der Waals surface area (Å²) < 4.78 is 1.11. The Morgan fingerprint density at radius 2 is 2.24 bits per heavy atom. The van der Waals surface area contributed by atoms with E-state index in [4.69, 9.17) is 0 Å². The minimum absolute atomic E-state index is 0.0185. The number of amides is 2. The van der Waals surface area contributed by atoms with Gasteiger partial charge in [-0.1, -0.05) is 20.3 Å². The van der Waals surface area contributed by atoms with Gasteiger partial charge in [0.1, 0.15) is 6.04 Å². The van der Waals surface area contributed by atoms with Crippen molar-refractivity contribution in [3.05, 3.63) is 20.8 Å². The van der Waals surface area contributed by atoms with Gasteiger partial charge in [-0.15, -0.1) is 11.3 Å². The van der Waals surface area contributed by atoms with Gasteiger partial charge in [-0.25, -0.2) is 0 Å². The summed E-state index contributed by atoms with van der Waals surface area (Å²) in [7, 11) is 0. The third kappa shape index (κ3) is 4.30. The van der Waals surface area contributed by atoms with Crippen LogP contribution in [0.5, 0.6) is 0 Å². The van der Waals surface area contributed by atoms with Crippen molar-refractivity contribution < 1.29 is 9.59 Å². The molecule has 0 radical (unpaired) electrons. The molecule has 1 aromatic rings. The molecule has 116 valence electrons. The van der Waals surface area contributed by atoms with Gasteiger partial charge in [-0.3, -0.25) is 9.59 Å². The molecule has 1 fully saturated rings. The SMILES string of the molecule is CCC(C)C1NC(=O)CCN(CCc2ccc(Br)s2)C1=O. The van der Waals surface area contributed by atoms with Crippen LogP contribution in [0.25, 0.3) is 0 Å². The number of nitrogens with zero attached hydrogens (tertiary/aromatic N) is 1. The Hall–Kier alpha value is -0.880. The molecular weight excluding hydrogens is 352 g/mol. The molecule has 0 aliphatic carbocycles. The van der Waals surface area contributed by atoms with Gasteiger partial charge in [0.25, 0.3) is 0 Å². The summed E-state index contributed by atoms with van der Waals surface area (Å²) in [5, 5.41) is 2.88. The molecule has 2 unspecified atom stereocenters. The number of rotatable bonds is 5. The minimum Gasteiger partial charge on any atom is -0.344 e. The monoisotopic (exact) mass is 372 g/mol. The fourth-order valence-electron chi connectivity index (χ4n) is 2.43. The molecule has 2 amide bonds. The Morgan fingerprint density at radius 1 is 1.48 bits per heavy atom. The molecule has 2 atom stereocenters. The highest BCUT2D eigenvalue weighted by atomic mass is 79.9. The van der Waals surface area contributed by atoms with Gasteiger partial charge in [0, 0.05) is 24.4 Å². The topological polar surface area (TPSA) is 49.4 Å². The van der Waals surface area contributed by atoms with E-state index in [1.54, 1.807) is 11.3 Å². The molecular formula is C15H21BrN2O2S. The predicted octanol–water partition coefficient (Wildman–Crippen LogP) is 2.82. The van der Waals surface area contributed by atoms with Crippen LogP contribution in [0, 0.1) is 5.92 Å². The number of halogens is 1. The maximum atomic E-state index is 12.6. The number of hydrogen-bond donors (Lipinski definition) is 1. The molecule has 4 nitrogen and oxygen atoms in total. The van der Waals surface area contributed by atoms with Crippen molar-refractivity contribution in [1.82, 2.24) is 10.2 Å². The van der Waals surface area contributed by atoms with Gasteiger partial charge in [-0.2, -0.15) is 0 Å². The second-order valence-corrected chi connectivity index (χ2v) is 8.01. The zero-order valence-corrected chi connectivity index (χ0v) is 14.8. The standard InChI is InChI=1S/C15H21BrN2O2S/c1-3-10(2)14-15(20)18(9-7-13(19)17-14)8-6-11-4-5-12(16)21-11/h4-5,10,14H,3,6-9H2,1-2H3,(H,17,19).